The summed E-state index contributed by atoms with van der Waals surface area (Å²) < 4.78 is 16.4. The number of carbonyl (C=O) groups excluding carboxylic acids is 2. The normalized spacial score (nSPS) is 19.1. The van der Waals surface area contributed by atoms with E-state index in [-0.39, 0.29) is 24.5 Å². The minimum atomic E-state index is -0.588. The highest BCUT2D eigenvalue weighted by Gasteiger charge is 2.23. The third-order valence-corrected chi connectivity index (χ3v) is 4.64. The zero-order valence-electron chi connectivity index (χ0n) is 16.3. The van der Waals surface area contributed by atoms with Gasteiger partial charge < -0.3 is 19.5 Å². The third kappa shape index (κ3) is 7.69. The van der Waals surface area contributed by atoms with Crippen LogP contribution in [-0.2, 0) is 30.2 Å². The monoisotopic (exact) mass is 377 g/mol. The van der Waals surface area contributed by atoms with Crippen LogP contribution in [0.25, 0.3) is 0 Å². The number of amides is 1. The van der Waals surface area contributed by atoms with Gasteiger partial charge in [-0.05, 0) is 45.1 Å². The van der Waals surface area contributed by atoms with Crippen molar-refractivity contribution in [3.8, 4) is 0 Å². The molecule has 1 fully saturated rings. The van der Waals surface area contributed by atoms with Crippen molar-refractivity contribution in [2.24, 2.45) is 5.92 Å². The lowest BCUT2D eigenvalue weighted by atomic mass is 9.99. The summed E-state index contributed by atoms with van der Waals surface area (Å²) in [5.74, 6) is -0.954. The highest BCUT2D eigenvalue weighted by molar-refractivity contribution is 5.81. The van der Waals surface area contributed by atoms with E-state index in [0.717, 1.165) is 31.4 Å². The Morgan fingerprint density at radius 1 is 1.26 bits per heavy atom. The van der Waals surface area contributed by atoms with Gasteiger partial charge in [0, 0.05) is 13.2 Å². The first-order valence-electron chi connectivity index (χ1n) is 9.81. The lowest BCUT2D eigenvalue weighted by Gasteiger charge is -2.24. The molecule has 1 saturated heterocycles. The van der Waals surface area contributed by atoms with Crippen molar-refractivity contribution < 1.29 is 23.8 Å². The minimum absolute atomic E-state index is 0.0689. The van der Waals surface area contributed by atoms with E-state index in [1.165, 1.54) is 0 Å². The van der Waals surface area contributed by atoms with Gasteiger partial charge in [0.2, 0.25) is 5.91 Å². The lowest BCUT2D eigenvalue weighted by molar-refractivity contribution is -0.148. The highest BCUT2D eigenvalue weighted by atomic mass is 16.5. The zero-order valence-corrected chi connectivity index (χ0v) is 16.3. The summed E-state index contributed by atoms with van der Waals surface area (Å²) in [6.07, 6.45) is 3.19. The van der Waals surface area contributed by atoms with Gasteiger partial charge in [-0.2, -0.15) is 0 Å². The fraction of sp³-hybridized carbons (Fsp3) is 0.619. The Morgan fingerprint density at radius 3 is 2.70 bits per heavy atom. The average molecular weight is 377 g/mol. The van der Waals surface area contributed by atoms with Crippen LogP contribution in [0.1, 0.15) is 38.7 Å². The molecule has 150 valence electrons. The molecule has 0 saturated carbocycles. The molecule has 2 rings (SSSR count). The number of carbonyl (C=O) groups is 2. The summed E-state index contributed by atoms with van der Waals surface area (Å²) in [5, 5.41) is 2.82. The van der Waals surface area contributed by atoms with Gasteiger partial charge in [-0.1, -0.05) is 30.3 Å². The van der Waals surface area contributed by atoms with Crippen LogP contribution < -0.4 is 5.32 Å². The summed E-state index contributed by atoms with van der Waals surface area (Å²) >= 11 is 0. The smallest absolute Gasteiger partial charge is 0.311 e. The molecule has 0 spiro atoms. The maximum absolute atomic E-state index is 12.3. The molecule has 1 aliphatic rings. The second-order valence-corrected chi connectivity index (χ2v) is 6.85. The van der Waals surface area contributed by atoms with Crippen LogP contribution in [0.3, 0.4) is 0 Å². The van der Waals surface area contributed by atoms with E-state index in [0.29, 0.717) is 19.6 Å². The van der Waals surface area contributed by atoms with E-state index in [2.05, 4.69) is 5.32 Å². The molecule has 1 aromatic carbocycles. The number of hydrogen-bond acceptors (Lipinski definition) is 5. The number of esters is 1. The molecule has 1 aliphatic heterocycles. The maximum Gasteiger partial charge on any atom is 0.311 e. The quantitative estimate of drug-likeness (QED) is 0.634. The second kappa shape index (κ2) is 11.7. The van der Waals surface area contributed by atoms with E-state index in [4.69, 9.17) is 14.2 Å². The van der Waals surface area contributed by atoms with Crippen molar-refractivity contribution in [1.29, 1.82) is 0 Å². The first-order valence-corrected chi connectivity index (χ1v) is 9.81. The summed E-state index contributed by atoms with van der Waals surface area (Å²) in [6.45, 7) is 5.21. The Morgan fingerprint density at radius 2 is 2.04 bits per heavy atom. The first-order chi connectivity index (χ1) is 13.1. The Balaban J connectivity index is 1.80. The van der Waals surface area contributed by atoms with Gasteiger partial charge in [-0.3, -0.25) is 9.59 Å². The van der Waals surface area contributed by atoms with Crippen LogP contribution in [-0.4, -0.2) is 50.4 Å². The maximum atomic E-state index is 12.3. The van der Waals surface area contributed by atoms with Crippen LogP contribution in [0.2, 0.25) is 0 Å². The van der Waals surface area contributed by atoms with Gasteiger partial charge in [0.15, 0.2) is 0 Å². The van der Waals surface area contributed by atoms with Crippen LogP contribution in [0.4, 0.5) is 0 Å². The van der Waals surface area contributed by atoms with E-state index < -0.39 is 12.0 Å². The van der Waals surface area contributed by atoms with Crippen LogP contribution in [0, 0.1) is 5.92 Å². The highest BCUT2D eigenvalue weighted by Crippen LogP contribution is 2.14. The summed E-state index contributed by atoms with van der Waals surface area (Å²) in [7, 11) is 0. The lowest BCUT2D eigenvalue weighted by Crippen LogP contribution is -2.41. The molecule has 1 aromatic rings. The second-order valence-electron chi connectivity index (χ2n) is 6.85. The van der Waals surface area contributed by atoms with Crippen LogP contribution in [0.15, 0.2) is 30.3 Å². The Hall–Kier alpha value is -1.92. The predicted molar refractivity (Wildman–Crippen MR) is 102 cm³/mol. The molecule has 0 aromatic heterocycles. The van der Waals surface area contributed by atoms with Gasteiger partial charge in [0.1, 0.15) is 6.10 Å². The molecule has 0 radical (unpaired) electrons. The Kier molecular flexibility index (Phi) is 9.28. The molecule has 6 heteroatoms. The van der Waals surface area contributed by atoms with E-state index in [1.807, 2.05) is 30.3 Å². The summed E-state index contributed by atoms with van der Waals surface area (Å²) in [4.78, 5) is 24.6. The van der Waals surface area contributed by atoms with Crippen molar-refractivity contribution in [1.82, 2.24) is 5.32 Å². The zero-order chi connectivity index (χ0) is 19.5. The fourth-order valence-corrected chi connectivity index (χ4v) is 3.03. The number of rotatable bonds is 10. The number of hydrogen-bond donors (Lipinski definition) is 1. The molecule has 3 unspecified atom stereocenters. The molecule has 1 heterocycles. The number of ether oxygens (including phenoxy) is 3. The van der Waals surface area contributed by atoms with E-state index in [1.54, 1.807) is 13.8 Å². The molecule has 0 aliphatic carbocycles. The van der Waals surface area contributed by atoms with Gasteiger partial charge in [0.25, 0.3) is 0 Å². The summed E-state index contributed by atoms with van der Waals surface area (Å²) in [6, 6.07) is 9.71. The standard InChI is InChI=1S/C21H31NO5/c1-3-25-21(24)18(13-17-9-5-4-6-10-17)14-22-20(23)16(2)27-15-19-11-7-8-12-26-19/h4-6,9-10,16,18-19H,3,7-8,11-15H2,1-2H3,(H,22,23). The number of benzene rings is 1. The van der Waals surface area contributed by atoms with Crippen molar-refractivity contribution in [3.63, 3.8) is 0 Å². The Labute approximate surface area is 161 Å². The molecule has 1 N–H and O–H groups in total. The molecule has 3 atom stereocenters. The molecule has 1 amide bonds. The van der Waals surface area contributed by atoms with Gasteiger partial charge in [0.05, 0.1) is 25.2 Å². The van der Waals surface area contributed by atoms with E-state index in [9.17, 15) is 9.59 Å². The minimum Gasteiger partial charge on any atom is -0.466 e. The Bertz CT molecular complexity index is 571. The van der Waals surface area contributed by atoms with Crippen molar-refractivity contribution in [3.05, 3.63) is 35.9 Å². The van der Waals surface area contributed by atoms with Gasteiger partial charge in [-0.15, -0.1) is 0 Å². The topological polar surface area (TPSA) is 73.9 Å². The van der Waals surface area contributed by atoms with Crippen LogP contribution in [0.5, 0.6) is 0 Å². The van der Waals surface area contributed by atoms with Gasteiger partial charge in [-0.25, -0.2) is 0 Å². The van der Waals surface area contributed by atoms with Crippen molar-refractivity contribution in [2.45, 2.75) is 51.7 Å². The number of nitrogens with one attached hydrogen (secondary N) is 1. The molecular formula is C21H31NO5. The van der Waals surface area contributed by atoms with Gasteiger partial charge >= 0.3 is 5.97 Å². The molecule has 0 bridgehead atoms. The molecular weight excluding hydrogens is 346 g/mol. The third-order valence-electron chi connectivity index (χ3n) is 4.64. The predicted octanol–water partition coefficient (Wildman–Crippen LogP) is 2.50. The average Bonchev–Trinajstić information content (AvgIpc) is 2.70. The van der Waals surface area contributed by atoms with Crippen LogP contribution >= 0.6 is 0 Å². The van der Waals surface area contributed by atoms with Crippen molar-refractivity contribution >= 4 is 11.9 Å². The first kappa shape index (κ1) is 21.4. The fourth-order valence-electron chi connectivity index (χ4n) is 3.03. The molecule has 27 heavy (non-hydrogen) atoms. The van der Waals surface area contributed by atoms with E-state index >= 15 is 0 Å². The molecule has 6 nitrogen and oxygen atoms in total. The SMILES string of the molecule is CCOC(=O)C(CNC(=O)C(C)OCC1CCCCO1)Cc1ccccc1. The van der Waals surface area contributed by atoms with Crippen molar-refractivity contribution in [2.75, 3.05) is 26.4 Å². The largest absolute Gasteiger partial charge is 0.466 e. The summed E-state index contributed by atoms with van der Waals surface area (Å²) in [5.41, 5.74) is 1.03.